The second kappa shape index (κ2) is 7.69. The van der Waals surface area contributed by atoms with Crippen LogP contribution in [-0.4, -0.2) is 26.3 Å². The van der Waals surface area contributed by atoms with Gasteiger partial charge in [0.05, 0.1) is 13.7 Å². The van der Waals surface area contributed by atoms with E-state index in [0.717, 1.165) is 31.1 Å². The van der Waals surface area contributed by atoms with Crippen molar-refractivity contribution in [3.8, 4) is 11.5 Å². The molecule has 1 aliphatic carbocycles. The second-order valence-corrected chi connectivity index (χ2v) is 6.52. The van der Waals surface area contributed by atoms with Crippen LogP contribution in [0.1, 0.15) is 46.0 Å². The summed E-state index contributed by atoms with van der Waals surface area (Å²) in [6.07, 6.45) is 6.53. The Morgan fingerprint density at radius 2 is 1.71 bits per heavy atom. The highest BCUT2D eigenvalue weighted by molar-refractivity contribution is 5.31. The Kier molecular flexibility index (Phi) is 5.92. The van der Waals surface area contributed by atoms with Crippen LogP contribution in [0.15, 0.2) is 24.3 Å². The fraction of sp³-hybridized carbons (Fsp3) is 0.667. The highest BCUT2D eigenvalue weighted by Gasteiger charge is 2.33. The summed E-state index contributed by atoms with van der Waals surface area (Å²) in [5.74, 6) is 1.80. The van der Waals surface area contributed by atoms with Crippen LogP contribution in [-0.2, 0) is 0 Å². The largest absolute Gasteiger partial charge is 0.497 e. The van der Waals surface area contributed by atoms with E-state index < -0.39 is 0 Å². The van der Waals surface area contributed by atoms with E-state index in [9.17, 15) is 0 Å². The molecule has 1 aliphatic rings. The Morgan fingerprint density at radius 3 is 2.29 bits per heavy atom. The van der Waals surface area contributed by atoms with E-state index in [1.54, 1.807) is 7.11 Å². The molecular weight excluding hydrogens is 262 g/mol. The molecule has 1 aromatic carbocycles. The topological polar surface area (TPSA) is 30.5 Å². The molecule has 1 aromatic rings. The summed E-state index contributed by atoms with van der Waals surface area (Å²) in [4.78, 5) is 0. The maximum Gasteiger partial charge on any atom is 0.119 e. The summed E-state index contributed by atoms with van der Waals surface area (Å²) < 4.78 is 11.1. The Morgan fingerprint density at radius 1 is 1.10 bits per heavy atom. The minimum Gasteiger partial charge on any atom is -0.497 e. The lowest BCUT2D eigenvalue weighted by molar-refractivity contribution is 0.189. The Labute approximate surface area is 129 Å². The number of nitrogens with one attached hydrogen (secondary N) is 1. The molecule has 0 saturated heterocycles. The number of hydrogen-bond acceptors (Lipinski definition) is 3. The molecule has 118 valence electrons. The van der Waals surface area contributed by atoms with Gasteiger partial charge in [0.1, 0.15) is 11.5 Å². The smallest absolute Gasteiger partial charge is 0.119 e. The first kappa shape index (κ1) is 16.2. The third-order valence-electron chi connectivity index (χ3n) is 4.51. The molecule has 0 radical (unpaired) electrons. The second-order valence-electron chi connectivity index (χ2n) is 6.52. The lowest BCUT2D eigenvalue weighted by Crippen LogP contribution is -2.37. The van der Waals surface area contributed by atoms with Crippen LogP contribution < -0.4 is 14.8 Å². The van der Waals surface area contributed by atoms with Gasteiger partial charge in [-0.05, 0) is 48.9 Å². The molecule has 2 rings (SSSR count). The molecule has 1 fully saturated rings. The molecule has 0 unspecified atom stereocenters. The lowest BCUT2D eigenvalue weighted by Gasteiger charge is -2.30. The first-order valence-corrected chi connectivity index (χ1v) is 8.14. The van der Waals surface area contributed by atoms with Gasteiger partial charge in [0.25, 0.3) is 0 Å². The Hall–Kier alpha value is -1.22. The van der Waals surface area contributed by atoms with Gasteiger partial charge in [-0.2, -0.15) is 0 Å². The van der Waals surface area contributed by atoms with Gasteiger partial charge in [-0.1, -0.05) is 26.7 Å². The maximum absolute atomic E-state index is 5.92. The number of hydrogen-bond donors (Lipinski definition) is 1. The van der Waals surface area contributed by atoms with Crippen LogP contribution in [0.25, 0.3) is 0 Å². The molecule has 0 aliphatic heterocycles. The highest BCUT2D eigenvalue weighted by atomic mass is 16.5. The monoisotopic (exact) mass is 291 g/mol. The molecule has 0 bridgehead atoms. The molecule has 0 amide bonds. The predicted octanol–water partition coefficient (Wildman–Crippen LogP) is 4.02. The molecule has 3 heteroatoms. The fourth-order valence-electron chi connectivity index (χ4n) is 3.12. The maximum atomic E-state index is 5.92. The highest BCUT2D eigenvalue weighted by Crippen LogP contribution is 2.40. The van der Waals surface area contributed by atoms with Crippen LogP contribution in [0.3, 0.4) is 0 Å². The van der Waals surface area contributed by atoms with Crippen molar-refractivity contribution >= 4 is 0 Å². The van der Waals surface area contributed by atoms with Crippen molar-refractivity contribution in [3.63, 3.8) is 0 Å². The van der Waals surface area contributed by atoms with E-state index in [4.69, 9.17) is 9.47 Å². The van der Waals surface area contributed by atoms with Crippen molar-refractivity contribution in [1.82, 2.24) is 5.32 Å². The molecule has 3 nitrogen and oxygen atoms in total. The molecule has 0 aromatic heterocycles. The van der Waals surface area contributed by atoms with Gasteiger partial charge < -0.3 is 14.8 Å². The summed E-state index contributed by atoms with van der Waals surface area (Å²) in [7, 11) is 1.68. The van der Waals surface area contributed by atoms with E-state index >= 15 is 0 Å². The van der Waals surface area contributed by atoms with E-state index in [0.29, 0.717) is 11.5 Å². The minimum atomic E-state index is 0.441. The standard InChI is InChI=1S/C18H29NO2/c1-15(2)19-14-18(10-4-5-11-18)12-13-21-17-8-6-16(20-3)7-9-17/h6-9,15,19H,4-5,10-14H2,1-3H3. The van der Waals surface area contributed by atoms with Crippen LogP contribution in [0.2, 0.25) is 0 Å². The minimum absolute atomic E-state index is 0.441. The van der Waals surface area contributed by atoms with Gasteiger partial charge in [0.2, 0.25) is 0 Å². The van der Waals surface area contributed by atoms with Gasteiger partial charge in [-0.25, -0.2) is 0 Å². The first-order chi connectivity index (χ1) is 10.1. The molecular formula is C18H29NO2. The predicted molar refractivity (Wildman–Crippen MR) is 87.1 cm³/mol. The van der Waals surface area contributed by atoms with E-state index in [-0.39, 0.29) is 0 Å². The van der Waals surface area contributed by atoms with Crippen molar-refractivity contribution in [2.45, 2.75) is 52.0 Å². The van der Waals surface area contributed by atoms with Crippen LogP contribution in [0, 0.1) is 5.41 Å². The van der Waals surface area contributed by atoms with E-state index in [1.165, 1.54) is 25.7 Å². The van der Waals surface area contributed by atoms with Gasteiger partial charge in [0.15, 0.2) is 0 Å². The molecule has 0 atom stereocenters. The van der Waals surface area contributed by atoms with Crippen LogP contribution in [0.4, 0.5) is 0 Å². The van der Waals surface area contributed by atoms with Crippen molar-refractivity contribution in [3.05, 3.63) is 24.3 Å². The number of rotatable bonds is 8. The average Bonchev–Trinajstić information content (AvgIpc) is 2.95. The van der Waals surface area contributed by atoms with E-state index in [2.05, 4.69) is 19.2 Å². The van der Waals surface area contributed by atoms with E-state index in [1.807, 2.05) is 24.3 Å². The lowest BCUT2D eigenvalue weighted by atomic mass is 9.82. The summed E-state index contributed by atoms with van der Waals surface area (Å²) >= 11 is 0. The number of ether oxygens (including phenoxy) is 2. The van der Waals surface area contributed by atoms with Gasteiger partial charge in [-0.15, -0.1) is 0 Å². The summed E-state index contributed by atoms with van der Waals surface area (Å²) in [5.41, 5.74) is 0.441. The summed E-state index contributed by atoms with van der Waals surface area (Å²) in [5, 5.41) is 3.62. The SMILES string of the molecule is COc1ccc(OCCC2(CNC(C)C)CCCC2)cc1. The van der Waals surface area contributed by atoms with Gasteiger partial charge >= 0.3 is 0 Å². The van der Waals surface area contributed by atoms with Crippen molar-refractivity contribution < 1.29 is 9.47 Å². The zero-order chi connectivity index (χ0) is 15.1. The average molecular weight is 291 g/mol. The zero-order valence-electron chi connectivity index (χ0n) is 13.7. The summed E-state index contributed by atoms with van der Waals surface area (Å²) in [6, 6.07) is 8.41. The quantitative estimate of drug-likeness (QED) is 0.784. The molecule has 21 heavy (non-hydrogen) atoms. The number of benzene rings is 1. The van der Waals surface area contributed by atoms with Crippen LogP contribution >= 0.6 is 0 Å². The van der Waals surface area contributed by atoms with Crippen molar-refractivity contribution in [1.29, 1.82) is 0 Å². The van der Waals surface area contributed by atoms with Crippen molar-refractivity contribution in [2.75, 3.05) is 20.3 Å². The third-order valence-corrected chi connectivity index (χ3v) is 4.51. The first-order valence-electron chi connectivity index (χ1n) is 8.14. The third kappa shape index (κ3) is 4.92. The van der Waals surface area contributed by atoms with Crippen LogP contribution in [0.5, 0.6) is 11.5 Å². The Balaban J connectivity index is 1.81. The van der Waals surface area contributed by atoms with Gasteiger partial charge in [-0.3, -0.25) is 0 Å². The van der Waals surface area contributed by atoms with Crippen molar-refractivity contribution in [2.24, 2.45) is 5.41 Å². The molecule has 1 N–H and O–H groups in total. The fourth-order valence-corrected chi connectivity index (χ4v) is 3.12. The summed E-state index contributed by atoms with van der Waals surface area (Å²) in [6.45, 7) is 6.36. The number of methoxy groups -OCH3 is 1. The molecule has 0 heterocycles. The van der Waals surface area contributed by atoms with Gasteiger partial charge in [0, 0.05) is 12.6 Å². The normalized spacial score (nSPS) is 17.1. The Bertz CT molecular complexity index is 408. The zero-order valence-corrected chi connectivity index (χ0v) is 13.7. The molecule has 0 spiro atoms. The molecule has 1 saturated carbocycles.